The van der Waals surface area contributed by atoms with Crippen LogP contribution in [0, 0.1) is 5.41 Å². The van der Waals surface area contributed by atoms with Crippen LogP contribution in [0.2, 0.25) is 0 Å². The maximum Gasteiger partial charge on any atom is 0.225 e. The summed E-state index contributed by atoms with van der Waals surface area (Å²) in [6.07, 6.45) is -0.691. The van der Waals surface area contributed by atoms with Gasteiger partial charge >= 0.3 is 0 Å². The highest BCUT2D eigenvalue weighted by Crippen LogP contribution is 2.39. The van der Waals surface area contributed by atoms with Gasteiger partial charge in [0.15, 0.2) is 11.6 Å². The molecule has 0 bridgehead atoms. The summed E-state index contributed by atoms with van der Waals surface area (Å²) in [5, 5.41) is 13.4. The van der Waals surface area contributed by atoms with Crippen molar-refractivity contribution in [2.24, 2.45) is 5.41 Å². The number of allylic oxidation sites excluding steroid dienone is 4. The zero-order chi connectivity index (χ0) is 23.6. The Hall–Kier alpha value is -3.31. The maximum absolute atomic E-state index is 12.9. The van der Waals surface area contributed by atoms with Crippen molar-refractivity contribution in [2.45, 2.75) is 47.1 Å². The van der Waals surface area contributed by atoms with Crippen molar-refractivity contribution >= 4 is 23.2 Å². The van der Waals surface area contributed by atoms with Gasteiger partial charge in [-0.25, -0.2) is 0 Å². The molecule has 0 spiro atoms. The van der Waals surface area contributed by atoms with Gasteiger partial charge in [0.2, 0.25) is 5.91 Å². The predicted molar refractivity (Wildman–Crippen MR) is 125 cm³/mol. The Morgan fingerprint density at radius 2 is 1.38 bits per heavy atom. The van der Waals surface area contributed by atoms with Crippen LogP contribution in [0.15, 0.2) is 76.9 Å². The molecular formula is C27H29NO4. The minimum atomic E-state index is -0.799. The number of aliphatic hydroxyl groups excluding tert-OH is 1. The number of rotatable bonds is 6. The summed E-state index contributed by atoms with van der Waals surface area (Å²) in [5.41, 5.74) is 3.04. The van der Waals surface area contributed by atoms with E-state index in [0.717, 1.165) is 11.1 Å². The fourth-order valence-corrected chi connectivity index (χ4v) is 4.18. The average Bonchev–Trinajstić information content (AvgIpc) is 2.76. The lowest BCUT2D eigenvalue weighted by Crippen LogP contribution is -2.33. The number of ketones is 2. The molecule has 2 aromatic carbocycles. The van der Waals surface area contributed by atoms with Gasteiger partial charge < -0.3 is 10.4 Å². The molecule has 1 aliphatic rings. The monoisotopic (exact) mass is 431 g/mol. The third-order valence-electron chi connectivity index (χ3n) is 6.09. The molecule has 0 radical (unpaired) electrons. The fourth-order valence-electron chi connectivity index (χ4n) is 4.18. The first kappa shape index (κ1) is 23.4. The number of hydrogen-bond acceptors (Lipinski definition) is 4. The van der Waals surface area contributed by atoms with Gasteiger partial charge in [-0.1, -0.05) is 56.3 Å². The zero-order valence-corrected chi connectivity index (χ0v) is 19.2. The Bertz CT molecular complexity index is 1120. The quantitative estimate of drug-likeness (QED) is 0.636. The Kier molecular flexibility index (Phi) is 6.60. The third kappa shape index (κ3) is 4.63. The molecule has 1 aliphatic carbocycles. The molecule has 3 rings (SSSR count). The molecule has 5 heteroatoms. The number of Topliss-reactive ketones (excluding diaryl/α,β-unsaturated/α-hetero) is 2. The van der Waals surface area contributed by atoms with Crippen LogP contribution in [-0.2, 0) is 14.4 Å². The number of carbonyl (C=O) groups is 3. The Morgan fingerprint density at radius 3 is 1.97 bits per heavy atom. The van der Waals surface area contributed by atoms with Crippen LogP contribution in [0.1, 0.15) is 58.3 Å². The number of aliphatic hydroxyl groups is 1. The van der Waals surface area contributed by atoms with Gasteiger partial charge in [-0.3, -0.25) is 14.4 Å². The van der Waals surface area contributed by atoms with Gasteiger partial charge in [0.25, 0.3) is 0 Å². The predicted octanol–water partition coefficient (Wildman–Crippen LogP) is 4.93. The lowest BCUT2D eigenvalue weighted by molar-refractivity contribution is -0.119. The standard InChI is InChI=1S/C27H29NO4/c1-16-17(2)25(31)23(18(3)24(16)30)27(4,5)15-22(29)28-21-13-11-20(12-14-21)26(32)19-9-7-6-8-10-19/h6-14,26,32H,15H2,1-5H3,(H,28,29). The fraction of sp³-hybridized carbons (Fsp3) is 0.296. The second-order valence-electron chi connectivity index (χ2n) is 8.95. The van der Waals surface area contributed by atoms with Crippen molar-refractivity contribution in [3.8, 4) is 0 Å². The molecule has 1 amide bonds. The van der Waals surface area contributed by atoms with E-state index in [9.17, 15) is 19.5 Å². The van der Waals surface area contributed by atoms with E-state index >= 15 is 0 Å². The van der Waals surface area contributed by atoms with Crippen LogP contribution in [0.25, 0.3) is 0 Å². The van der Waals surface area contributed by atoms with Crippen LogP contribution < -0.4 is 5.32 Å². The first-order valence-corrected chi connectivity index (χ1v) is 10.6. The zero-order valence-electron chi connectivity index (χ0n) is 19.2. The SMILES string of the molecule is CC1=C(C)C(=O)C(C(C)(C)CC(=O)Nc2ccc(C(O)c3ccccc3)cc2)=C(C)C1=O. The van der Waals surface area contributed by atoms with Gasteiger partial charge in [-0.05, 0) is 44.0 Å². The summed E-state index contributed by atoms with van der Waals surface area (Å²) < 4.78 is 0. The number of hydrogen-bond donors (Lipinski definition) is 2. The molecule has 2 aromatic rings. The summed E-state index contributed by atoms with van der Waals surface area (Å²) in [7, 11) is 0. The number of amides is 1. The molecule has 0 saturated heterocycles. The van der Waals surface area contributed by atoms with Crippen molar-refractivity contribution in [3.63, 3.8) is 0 Å². The van der Waals surface area contributed by atoms with Crippen molar-refractivity contribution in [1.29, 1.82) is 0 Å². The highest BCUT2D eigenvalue weighted by Gasteiger charge is 2.38. The number of carbonyl (C=O) groups excluding carboxylic acids is 3. The lowest BCUT2D eigenvalue weighted by Gasteiger charge is -2.31. The van der Waals surface area contributed by atoms with E-state index in [1.807, 2.05) is 44.2 Å². The number of benzene rings is 2. The second kappa shape index (κ2) is 9.05. The second-order valence-corrected chi connectivity index (χ2v) is 8.95. The van der Waals surface area contributed by atoms with E-state index < -0.39 is 11.5 Å². The number of nitrogens with one attached hydrogen (secondary N) is 1. The minimum Gasteiger partial charge on any atom is -0.384 e. The molecule has 0 saturated carbocycles. The highest BCUT2D eigenvalue weighted by atomic mass is 16.3. The van der Waals surface area contributed by atoms with Crippen LogP contribution in [0.4, 0.5) is 5.69 Å². The molecule has 0 fully saturated rings. The summed E-state index contributed by atoms with van der Waals surface area (Å²) in [6.45, 7) is 8.59. The maximum atomic E-state index is 12.9. The largest absolute Gasteiger partial charge is 0.384 e. The molecule has 32 heavy (non-hydrogen) atoms. The molecule has 0 aliphatic heterocycles. The van der Waals surface area contributed by atoms with Crippen LogP contribution in [0.5, 0.6) is 0 Å². The van der Waals surface area contributed by atoms with Crippen LogP contribution in [-0.4, -0.2) is 22.6 Å². The van der Waals surface area contributed by atoms with E-state index in [-0.39, 0.29) is 23.9 Å². The van der Waals surface area contributed by atoms with Crippen molar-refractivity contribution in [2.75, 3.05) is 5.32 Å². The van der Waals surface area contributed by atoms with Gasteiger partial charge in [0.1, 0.15) is 6.10 Å². The third-order valence-corrected chi connectivity index (χ3v) is 6.09. The van der Waals surface area contributed by atoms with Crippen LogP contribution in [0.3, 0.4) is 0 Å². The molecular weight excluding hydrogens is 402 g/mol. The Labute approximate surface area is 188 Å². The Balaban J connectivity index is 1.71. The normalized spacial score (nSPS) is 15.8. The topological polar surface area (TPSA) is 83.5 Å². The molecule has 1 atom stereocenters. The summed E-state index contributed by atoms with van der Waals surface area (Å²) in [6, 6.07) is 16.4. The van der Waals surface area contributed by atoms with Crippen LogP contribution >= 0.6 is 0 Å². The van der Waals surface area contributed by atoms with Gasteiger partial charge in [-0.2, -0.15) is 0 Å². The van der Waals surface area contributed by atoms with Gasteiger partial charge in [0, 0.05) is 39.8 Å². The average molecular weight is 432 g/mol. The smallest absolute Gasteiger partial charge is 0.225 e. The molecule has 1 unspecified atom stereocenters. The van der Waals surface area contributed by atoms with Crippen molar-refractivity contribution < 1.29 is 19.5 Å². The molecule has 2 N–H and O–H groups in total. The van der Waals surface area contributed by atoms with Crippen molar-refractivity contribution in [1.82, 2.24) is 0 Å². The first-order chi connectivity index (χ1) is 15.0. The summed E-state index contributed by atoms with van der Waals surface area (Å²) in [4.78, 5) is 38.1. The van der Waals surface area contributed by atoms with E-state index in [4.69, 9.17) is 0 Å². The summed E-state index contributed by atoms with van der Waals surface area (Å²) in [5.74, 6) is -0.564. The van der Waals surface area contributed by atoms with Crippen molar-refractivity contribution in [3.05, 3.63) is 88.0 Å². The molecule has 0 aromatic heterocycles. The van der Waals surface area contributed by atoms with E-state index in [1.54, 1.807) is 45.0 Å². The lowest BCUT2D eigenvalue weighted by atomic mass is 9.71. The summed E-state index contributed by atoms with van der Waals surface area (Å²) >= 11 is 0. The molecule has 166 valence electrons. The first-order valence-electron chi connectivity index (χ1n) is 10.6. The van der Waals surface area contributed by atoms with E-state index in [0.29, 0.717) is 28.0 Å². The van der Waals surface area contributed by atoms with Gasteiger partial charge in [0.05, 0.1) is 0 Å². The minimum absolute atomic E-state index is 0.0550. The highest BCUT2D eigenvalue weighted by molar-refractivity contribution is 6.25. The molecule has 5 nitrogen and oxygen atoms in total. The Morgan fingerprint density at radius 1 is 0.844 bits per heavy atom. The molecule has 0 heterocycles. The van der Waals surface area contributed by atoms with E-state index in [2.05, 4.69) is 5.32 Å². The van der Waals surface area contributed by atoms with E-state index in [1.165, 1.54) is 0 Å². The number of anilines is 1. The van der Waals surface area contributed by atoms with Gasteiger partial charge in [-0.15, -0.1) is 0 Å².